The van der Waals surface area contributed by atoms with Crippen LogP contribution >= 0.6 is 0 Å². The Kier molecular flexibility index (Phi) is 4.15. The maximum Gasteiger partial charge on any atom is 0.169 e. The van der Waals surface area contributed by atoms with Crippen molar-refractivity contribution >= 4 is 11.3 Å². The Bertz CT molecular complexity index is 835. The molecule has 0 amide bonds. The summed E-state index contributed by atoms with van der Waals surface area (Å²) in [6.45, 7) is 6.25. The summed E-state index contributed by atoms with van der Waals surface area (Å²) in [5.74, 6) is 0.836. The molecule has 0 aliphatic rings. The second-order valence-corrected chi connectivity index (χ2v) is 5.93. The third-order valence-electron chi connectivity index (χ3n) is 3.90. The Hall–Kier alpha value is -2.62. The van der Waals surface area contributed by atoms with Crippen LogP contribution in [-0.4, -0.2) is 15.4 Å². The third-order valence-corrected chi connectivity index (χ3v) is 3.90. The van der Waals surface area contributed by atoms with Gasteiger partial charge in [0.05, 0.1) is 23.0 Å². The Morgan fingerprint density at radius 1 is 1.17 bits per heavy atom. The first kappa shape index (κ1) is 15.3. The van der Waals surface area contributed by atoms with Crippen LogP contribution in [0.25, 0.3) is 5.52 Å². The molecule has 1 aromatic carbocycles. The lowest BCUT2D eigenvalue weighted by Crippen LogP contribution is -2.07. The highest BCUT2D eigenvalue weighted by molar-refractivity contribution is 6.03. The summed E-state index contributed by atoms with van der Waals surface area (Å²) in [4.78, 5) is 12.2. The van der Waals surface area contributed by atoms with Crippen LogP contribution < -0.4 is 4.74 Å². The van der Waals surface area contributed by atoms with Crippen LogP contribution in [-0.2, 0) is 6.61 Å². The van der Waals surface area contributed by atoms with Gasteiger partial charge in [-0.15, -0.1) is 0 Å². The SMILES string of the molecule is Cc1c(OCc2ccccc2)ccc2c(C(=O)C(C)C)cnn12. The van der Waals surface area contributed by atoms with Gasteiger partial charge in [0.2, 0.25) is 0 Å². The van der Waals surface area contributed by atoms with Crippen molar-refractivity contribution in [2.75, 3.05) is 0 Å². The predicted octanol–water partition coefficient (Wildman–Crippen LogP) is 4.06. The third kappa shape index (κ3) is 2.97. The van der Waals surface area contributed by atoms with E-state index < -0.39 is 0 Å². The fourth-order valence-corrected chi connectivity index (χ4v) is 2.55. The molecular weight excluding hydrogens is 288 g/mol. The number of fused-ring (bicyclic) bond motifs is 1. The largest absolute Gasteiger partial charge is 0.487 e. The zero-order valence-corrected chi connectivity index (χ0v) is 13.6. The lowest BCUT2D eigenvalue weighted by atomic mass is 10.0. The molecule has 4 heteroatoms. The van der Waals surface area contributed by atoms with Crippen LogP contribution in [0.2, 0.25) is 0 Å². The molecule has 0 aliphatic carbocycles. The number of ketones is 1. The molecule has 23 heavy (non-hydrogen) atoms. The number of ether oxygens (including phenoxy) is 1. The van der Waals surface area contributed by atoms with Crippen molar-refractivity contribution in [3.63, 3.8) is 0 Å². The van der Waals surface area contributed by atoms with Crippen molar-refractivity contribution in [2.45, 2.75) is 27.4 Å². The van der Waals surface area contributed by atoms with E-state index in [0.717, 1.165) is 22.5 Å². The molecule has 0 saturated carbocycles. The number of pyridine rings is 1. The standard InChI is InChI=1S/C19H20N2O2/c1-13(2)19(22)16-11-20-21-14(3)18(10-9-17(16)21)23-12-15-7-5-4-6-8-15/h4-11,13H,12H2,1-3H3. The van der Waals surface area contributed by atoms with Gasteiger partial charge >= 0.3 is 0 Å². The highest BCUT2D eigenvalue weighted by Crippen LogP contribution is 2.24. The van der Waals surface area contributed by atoms with E-state index in [1.165, 1.54) is 0 Å². The van der Waals surface area contributed by atoms with Crippen molar-refractivity contribution in [1.82, 2.24) is 9.61 Å². The van der Waals surface area contributed by atoms with E-state index >= 15 is 0 Å². The fourth-order valence-electron chi connectivity index (χ4n) is 2.55. The number of nitrogens with zero attached hydrogens (tertiary/aromatic N) is 2. The van der Waals surface area contributed by atoms with E-state index in [9.17, 15) is 4.79 Å². The van der Waals surface area contributed by atoms with Crippen molar-refractivity contribution in [1.29, 1.82) is 0 Å². The molecule has 118 valence electrons. The molecule has 0 saturated heterocycles. The fraction of sp³-hybridized carbons (Fsp3) is 0.263. The van der Waals surface area contributed by atoms with Gasteiger partial charge in [0.1, 0.15) is 12.4 Å². The van der Waals surface area contributed by atoms with E-state index in [4.69, 9.17) is 4.74 Å². The topological polar surface area (TPSA) is 43.6 Å². The average Bonchev–Trinajstić information content (AvgIpc) is 2.99. The predicted molar refractivity (Wildman–Crippen MR) is 89.9 cm³/mol. The smallest absolute Gasteiger partial charge is 0.169 e. The van der Waals surface area contributed by atoms with E-state index in [1.807, 2.05) is 63.2 Å². The van der Waals surface area contributed by atoms with Crippen LogP contribution in [0.1, 0.15) is 35.5 Å². The van der Waals surface area contributed by atoms with E-state index in [2.05, 4.69) is 5.10 Å². The Labute approximate surface area is 135 Å². The number of benzene rings is 1. The first-order valence-electron chi connectivity index (χ1n) is 7.76. The molecule has 3 aromatic rings. The van der Waals surface area contributed by atoms with Gasteiger partial charge in [0.15, 0.2) is 5.78 Å². The molecular formula is C19H20N2O2. The highest BCUT2D eigenvalue weighted by atomic mass is 16.5. The number of aryl methyl sites for hydroxylation is 1. The maximum absolute atomic E-state index is 12.2. The summed E-state index contributed by atoms with van der Waals surface area (Å²) in [5, 5.41) is 4.35. The van der Waals surface area contributed by atoms with Crippen molar-refractivity contribution in [3.05, 3.63) is 65.5 Å². The molecule has 0 aliphatic heterocycles. The second kappa shape index (κ2) is 6.24. The summed E-state index contributed by atoms with van der Waals surface area (Å²) in [6.07, 6.45) is 1.64. The minimum absolute atomic E-state index is 0.0442. The van der Waals surface area contributed by atoms with Crippen molar-refractivity contribution in [3.8, 4) is 5.75 Å². The average molecular weight is 308 g/mol. The monoisotopic (exact) mass is 308 g/mol. The summed E-state index contributed by atoms with van der Waals surface area (Å²) in [5.41, 5.74) is 3.50. The van der Waals surface area contributed by atoms with Crippen LogP contribution in [0.4, 0.5) is 0 Å². The van der Waals surface area contributed by atoms with E-state index in [0.29, 0.717) is 12.2 Å². The van der Waals surface area contributed by atoms with Crippen LogP contribution in [0.15, 0.2) is 48.7 Å². The van der Waals surface area contributed by atoms with Crippen molar-refractivity contribution in [2.24, 2.45) is 5.92 Å². The van der Waals surface area contributed by atoms with Gasteiger partial charge in [-0.2, -0.15) is 5.10 Å². The second-order valence-electron chi connectivity index (χ2n) is 5.93. The number of carbonyl (C=O) groups excluding carboxylic acids is 1. The van der Waals surface area contributed by atoms with Crippen molar-refractivity contribution < 1.29 is 9.53 Å². The number of aromatic nitrogens is 2. The van der Waals surface area contributed by atoms with Crippen LogP contribution in [0, 0.1) is 12.8 Å². The van der Waals surface area contributed by atoms with Gasteiger partial charge in [-0.05, 0) is 24.6 Å². The first-order chi connectivity index (χ1) is 11.1. The summed E-state index contributed by atoms with van der Waals surface area (Å²) < 4.78 is 7.68. The van der Waals surface area contributed by atoms with E-state index in [1.54, 1.807) is 10.7 Å². The molecule has 0 atom stereocenters. The Morgan fingerprint density at radius 3 is 2.61 bits per heavy atom. The molecule has 4 nitrogen and oxygen atoms in total. The number of carbonyl (C=O) groups is 1. The number of rotatable bonds is 5. The molecule has 2 aromatic heterocycles. The minimum atomic E-state index is -0.0442. The quantitative estimate of drug-likeness (QED) is 0.668. The molecule has 0 radical (unpaired) electrons. The molecule has 0 unspecified atom stereocenters. The highest BCUT2D eigenvalue weighted by Gasteiger charge is 2.17. The summed E-state index contributed by atoms with van der Waals surface area (Å²) in [7, 11) is 0. The summed E-state index contributed by atoms with van der Waals surface area (Å²) in [6, 6.07) is 13.8. The van der Waals surface area contributed by atoms with Gasteiger partial charge in [0.25, 0.3) is 0 Å². The van der Waals surface area contributed by atoms with Gasteiger partial charge in [0, 0.05) is 5.92 Å². The minimum Gasteiger partial charge on any atom is -0.487 e. The lowest BCUT2D eigenvalue weighted by molar-refractivity contribution is 0.0941. The van der Waals surface area contributed by atoms with Gasteiger partial charge in [-0.25, -0.2) is 4.52 Å². The first-order valence-corrected chi connectivity index (χ1v) is 7.76. The molecule has 0 spiro atoms. The number of hydrogen-bond donors (Lipinski definition) is 0. The van der Waals surface area contributed by atoms with Crippen LogP contribution in [0.3, 0.4) is 0 Å². The molecule has 0 fully saturated rings. The Balaban J connectivity index is 1.89. The maximum atomic E-state index is 12.2. The number of hydrogen-bond acceptors (Lipinski definition) is 3. The summed E-state index contributed by atoms with van der Waals surface area (Å²) >= 11 is 0. The van der Waals surface area contributed by atoms with Gasteiger partial charge in [-0.1, -0.05) is 44.2 Å². The zero-order chi connectivity index (χ0) is 16.4. The molecule has 0 bridgehead atoms. The molecule has 3 rings (SSSR count). The lowest BCUT2D eigenvalue weighted by Gasteiger charge is -2.11. The number of Topliss-reactive ketones (excluding diaryl/α,β-unsaturated/α-hetero) is 1. The normalized spacial score (nSPS) is 11.1. The molecule has 0 N–H and O–H groups in total. The van der Waals surface area contributed by atoms with E-state index in [-0.39, 0.29) is 11.7 Å². The zero-order valence-electron chi connectivity index (χ0n) is 13.6. The van der Waals surface area contributed by atoms with Gasteiger partial charge in [-0.3, -0.25) is 4.79 Å². The van der Waals surface area contributed by atoms with Crippen LogP contribution in [0.5, 0.6) is 5.75 Å². The Morgan fingerprint density at radius 2 is 1.91 bits per heavy atom. The van der Waals surface area contributed by atoms with Gasteiger partial charge < -0.3 is 4.74 Å². The molecule has 2 heterocycles.